The maximum atomic E-state index is 12.4. The highest BCUT2D eigenvalue weighted by atomic mass is 16.7. The van der Waals surface area contributed by atoms with Gasteiger partial charge in [-0.1, -0.05) is 0 Å². The zero-order valence-electron chi connectivity index (χ0n) is 19.7. The van der Waals surface area contributed by atoms with Crippen LogP contribution in [-0.2, 0) is 18.8 Å². The molecule has 1 unspecified atom stereocenters. The van der Waals surface area contributed by atoms with Crippen molar-refractivity contribution in [3.63, 3.8) is 0 Å². The summed E-state index contributed by atoms with van der Waals surface area (Å²) < 4.78 is 24.6. The Labute approximate surface area is 193 Å². The lowest BCUT2D eigenvalue weighted by atomic mass is 9.75. The summed E-state index contributed by atoms with van der Waals surface area (Å²) >= 11 is 0. The molecule has 0 radical (unpaired) electrons. The molecule has 2 aliphatic rings. The topological polar surface area (TPSA) is 101 Å². The zero-order valence-corrected chi connectivity index (χ0v) is 19.7. The van der Waals surface area contributed by atoms with Gasteiger partial charge in [0, 0.05) is 18.5 Å². The first-order valence-corrected chi connectivity index (χ1v) is 11.1. The van der Waals surface area contributed by atoms with E-state index in [0.29, 0.717) is 34.7 Å². The Balaban J connectivity index is 1.66. The summed E-state index contributed by atoms with van der Waals surface area (Å²) in [6.07, 6.45) is 4.40. The number of nitrogens with zero attached hydrogens (tertiary/aromatic N) is 2. The fraction of sp³-hybridized carbons (Fsp3) is 0.522. The predicted octanol–water partition coefficient (Wildman–Crippen LogP) is 2.88. The largest absolute Gasteiger partial charge is 0.495 e. The van der Waals surface area contributed by atoms with Crippen molar-refractivity contribution >= 4 is 36.3 Å². The Bertz CT molecular complexity index is 1030. The third-order valence-corrected chi connectivity index (χ3v) is 6.62. The lowest BCUT2D eigenvalue weighted by Crippen LogP contribution is -2.41. The number of methoxy groups -OCH3 is 1. The van der Waals surface area contributed by atoms with E-state index in [1.165, 1.54) is 7.11 Å². The second-order valence-electron chi connectivity index (χ2n) is 9.41. The van der Waals surface area contributed by atoms with E-state index in [-0.39, 0.29) is 6.04 Å². The minimum atomic E-state index is -0.756. The summed E-state index contributed by atoms with van der Waals surface area (Å²) in [5, 5.41) is 7.79. The monoisotopic (exact) mass is 455 g/mol. The number of aldehydes is 1. The van der Waals surface area contributed by atoms with E-state index in [2.05, 4.69) is 10.4 Å². The van der Waals surface area contributed by atoms with E-state index in [1.807, 2.05) is 27.7 Å². The van der Waals surface area contributed by atoms with Gasteiger partial charge in [0.1, 0.15) is 0 Å². The average molecular weight is 455 g/mol. The van der Waals surface area contributed by atoms with Crippen LogP contribution < -0.4 is 10.8 Å². The molecule has 1 N–H and O–H groups in total. The second-order valence-corrected chi connectivity index (χ2v) is 9.41. The molecule has 0 saturated carbocycles. The molecule has 10 heteroatoms. The summed E-state index contributed by atoms with van der Waals surface area (Å²) in [6.45, 7) is 9.11. The van der Waals surface area contributed by atoms with Crippen molar-refractivity contribution in [2.75, 3.05) is 25.6 Å². The molecule has 0 spiro atoms. The highest BCUT2D eigenvalue weighted by molar-refractivity contribution is 6.63. The smallest absolute Gasteiger partial charge is 0.465 e. The van der Waals surface area contributed by atoms with E-state index >= 15 is 0 Å². The maximum absolute atomic E-state index is 12.4. The van der Waals surface area contributed by atoms with E-state index in [1.54, 1.807) is 29.1 Å². The van der Waals surface area contributed by atoms with Gasteiger partial charge in [-0.05, 0) is 64.2 Å². The first kappa shape index (κ1) is 23.5. The summed E-state index contributed by atoms with van der Waals surface area (Å²) in [5.41, 5.74) is 0.829. The molecule has 2 saturated heterocycles. The van der Waals surface area contributed by atoms with Gasteiger partial charge in [-0.25, -0.2) is 4.79 Å². The minimum absolute atomic E-state index is 0.0926. The van der Waals surface area contributed by atoms with Gasteiger partial charge >= 0.3 is 13.1 Å². The van der Waals surface area contributed by atoms with Crippen LogP contribution in [0.25, 0.3) is 0 Å². The van der Waals surface area contributed by atoms with Crippen molar-refractivity contribution in [1.82, 2.24) is 9.78 Å². The van der Waals surface area contributed by atoms with Crippen LogP contribution in [0.15, 0.2) is 24.4 Å². The summed E-state index contributed by atoms with van der Waals surface area (Å²) in [7, 11) is 0.578. The second kappa shape index (κ2) is 8.93. The molecule has 2 aliphatic heterocycles. The summed E-state index contributed by atoms with van der Waals surface area (Å²) in [5.74, 6) is -0.0531. The highest BCUT2D eigenvalue weighted by Gasteiger charge is 2.52. The van der Waals surface area contributed by atoms with Gasteiger partial charge in [0.05, 0.1) is 42.1 Å². The van der Waals surface area contributed by atoms with Gasteiger partial charge in [-0.2, -0.15) is 5.10 Å². The van der Waals surface area contributed by atoms with E-state index in [9.17, 15) is 9.59 Å². The van der Waals surface area contributed by atoms with E-state index in [0.717, 1.165) is 25.7 Å². The fourth-order valence-electron chi connectivity index (χ4n) is 3.95. The third kappa shape index (κ3) is 4.55. The molecule has 9 nitrogen and oxygen atoms in total. The molecule has 0 aliphatic carbocycles. The number of hydrogen-bond donors (Lipinski definition) is 1. The molecule has 33 heavy (non-hydrogen) atoms. The van der Waals surface area contributed by atoms with Crippen LogP contribution in [0, 0.1) is 0 Å². The van der Waals surface area contributed by atoms with E-state index < -0.39 is 24.3 Å². The van der Waals surface area contributed by atoms with Crippen LogP contribution in [0.4, 0.5) is 11.5 Å². The number of benzene rings is 1. The molecule has 1 aromatic carbocycles. The zero-order chi connectivity index (χ0) is 23.8. The molecular formula is C23H30BN3O6. The number of anilines is 2. The SMILES string of the molecule is COC(=O)c1ccc(Nc2nn(C3CCCOC3)cc2C=O)cc1B1OC(C)(C)C(C)(C)O1. The standard InChI is InChI=1S/C23H30BN3O6/c1-22(2)23(3,4)33-24(32-22)19-11-16(8-9-18(19)21(29)30-5)25-20-15(13-28)12-27(26-20)17-7-6-10-31-14-17/h8-9,11-13,17H,6-7,10,14H2,1-5H3,(H,25,26). The van der Waals surface area contributed by atoms with Crippen molar-refractivity contribution in [3.8, 4) is 0 Å². The molecule has 0 bridgehead atoms. The number of rotatable bonds is 6. The maximum Gasteiger partial charge on any atom is 0.495 e. The number of aromatic nitrogens is 2. The number of esters is 1. The number of carbonyl (C=O) groups is 2. The Morgan fingerprint density at radius 1 is 1.27 bits per heavy atom. The molecule has 1 atom stereocenters. The van der Waals surface area contributed by atoms with Gasteiger partial charge in [0.25, 0.3) is 0 Å². The lowest BCUT2D eigenvalue weighted by molar-refractivity contribution is 0.00578. The fourth-order valence-corrected chi connectivity index (χ4v) is 3.95. The molecule has 0 amide bonds. The predicted molar refractivity (Wildman–Crippen MR) is 123 cm³/mol. The van der Waals surface area contributed by atoms with Crippen molar-refractivity contribution in [2.24, 2.45) is 0 Å². The first-order valence-electron chi connectivity index (χ1n) is 11.1. The van der Waals surface area contributed by atoms with Gasteiger partial charge in [-0.15, -0.1) is 0 Å². The lowest BCUT2D eigenvalue weighted by Gasteiger charge is -2.32. The number of ether oxygens (including phenoxy) is 2. The molecule has 2 fully saturated rings. The molecule has 176 valence electrons. The van der Waals surface area contributed by atoms with Gasteiger partial charge < -0.3 is 24.1 Å². The van der Waals surface area contributed by atoms with Crippen LogP contribution in [0.2, 0.25) is 0 Å². The quantitative estimate of drug-likeness (QED) is 0.403. The van der Waals surface area contributed by atoms with Crippen molar-refractivity contribution in [2.45, 2.75) is 57.8 Å². The normalized spacial score (nSPS) is 21.6. The average Bonchev–Trinajstić information content (AvgIpc) is 3.30. The molecule has 3 heterocycles. The molecule has 4 rings (SSSR count). The Morgan fingerprint density at radius 3 is 2.61 bits per heavy atom. The van der Waals surface area contributed by atoms with Crippen molar-refractivity contribution in [1.29, 1.82) is 0 Å². The summed E-state index contributed by atoms with van der Waals surface area (Å²) in [4.78, 5) is 24.1. The van der Waals surface area contributed by atoms with E-state index in [4.69, 9.17) is 18.8 Å². The Morgan fingerprint density at radius 2 is 2.00 bits per heavy atom. The van der Waals surface area contributed by atoms with Gasteiger partial charge in [0.15, 0.2) is 12.1 Å². The first-order chi connectivity index (χ1) is 15.6. The molecule has 1 aromatic heterocycles. The van der Waals surface area contributed by atoms with Crippen molar-refractivity contribution < 1.29 is 28.4 Å². The molecular weight excluding hydrogens is 425 g/mol. The highest BCUT2D eigenvalue weighted by Crippen LogP contribution is 2.37. The summed E-state index contributed by atoms with van der Waals surface area (Å²) in [6, 6.07) is 5.25. The van der Waals surface area contributed by atoms with Crippen LogP contribution >= 0.6 is 0 Å². The van der Waals surface area contributed by atoms with Crippen LogP contribution in [0.3, 0.4) is 0 Å². The Hall–Kier alpha value is -2.69. The van der Waals surface area contributed by atoms with Gasteiger partial charge in [-0.3, -0.25) is 9.48 Å². The molecule has 2 aromatic rings. The van der Waals surface area contributed by atoms with Crippen molar-refractivity contribution in [3.05, 3.63) is 35.5 Å². The van der Waals surface area contributed by atoms with Crippen LogP contribution in [-0.4, -0.2) is 60.7 Å². The number of nitrogens with one attached hydrogen (secondary N) is 1. The number of hydrogen-bond acceptors (Lipinski definition) is 8. The minimum Gasteiger partial charge on any atom is -0.465 e. The number of carbonyl (C=O) groups excluding carboxylic acids is 2. The van der Waals surface area contributed by atoms with Crippen LogP contribution in [0.5, 0.6) is 0 Å². The Kier molecular flexibility index (Phi) is 6.35. The van der Waals surface area contributed by atoms with Gasteiger partial charge in [0.2, 0.25) is 0 Å². The van der Waals surface area contributed by atoms with Crippen LogP contribution in [0.1, 0.15) is 67.3 Å². The third-order valence-electron chi connectivity index (χ3n) is 6.62.